The zero-order valence-electron chi connectivity index (χ0n) is 10.5. The third-order valence-electron chi connectivity index (χ3n) is 3.12. The van der Waals surface area contributed by atoms with E-state index in [0.29, 0.717) is 5.88 Å². The molecule has 0 atom stereocenters. The number of aromatic nitrogens is 2. The molecule has 0 aliphatic carbocycles. The van der Waals surface area contributed by atoms with Crippen molar-refractivity contribution in [2.75, 3.05) is 43.5 Å². The Balaban J connectivity index is 2.02. The van der Waals surface area contributed by atoms with Gasteiger partial charge < -0.3 is 4.90 Å². The average molecular weight is 255 g/mol. The van der Waals surface area contributed by atoms with Crippen molar-refractivity contribution in [3.63, 3.8) is 0 Å². The van der Waals surface area contributed by atoms with Gasteiger partial charge in [-0.05, 0) is 13.8 Å². The minimum Gasteiger partial charge on any atom is -0.353 e. The molecule has 0 unspecified atom stereocenters. The zero-order chi connectivity index (χ0) is 12.3. The molecule has 0 spiro atoms. The lowest BCUT2D eigenvalue weighted by Crippen LogP contribution is -2.47. The van der Waals surface area contributed by atoms with Crippen molar-refractivity contribution >= 4 is 17.4 Å². The molecule has 1 fully saturated rings. The highest BCUT2D eigenvalue weighted by molar-refractivity contribution is 6.18. The van der Waals surface area contributed by atoms with E-state index < -0.39 is 0 Å². The SMILES string of the molecule is Cc1cnc(C)c(N2CCN(CCCl)CC2)n1. The molecule has 0 N–H and O–H groups in total. The number of anilines is 1. The van der Waals surface area contributed by atoms with Crippen molar-refractivity contribution in [2.24, 2.45) is 0 Å². The van der Waals surface area contributed by atoms with Crippen LogP contribution in [0.25, 0.3) is 0 Å². The minimum atomic E-state index is 0.712. The Kier molecular flexibility index (Phi) is 4.18. The van der Waals surface area contributed by atoms with Gasteiger partial charge in [-0.2, -0.15) is 0 Å². The van der Waals surface area contributed by atoms with Gasteiger partial charge in [0.05, 0.1) is 11.4 Å². The molecule has 0 saturated carbocycles. The fraction of sp³-hybridized carbons (Fsp3) is 0.667. The van der Waals surface area contributed by atoms with Crippen molar-refractivity contribution in [1.29, 1.82) is 0 Å². The second kappa shape index (κ2) is 5.65. The maximum atomic E-state index is 5.76. The predicted molar refractivity (Wildman–Crippen MR) is 70.9 cm³/mol. The first-order valence-corrected chi connectivity index (χ1v) is 6.57. The van der Waals surface area contributed by atoms with Crippen molar-refractivity contribution in [3.05, 3.63) is 17.6 Å². The standard InChI is InChI=1S/C12H19ClN4/c1-10-9-14-11(2)12(15-10)17-7-5-16(4-3-13)6-8-17/h9H,3-8H2,1-2H3. The smallest absolute Gasteiger partial charge is 0.150 e. The maximum Gasteiger partial charge on any atom is 0.150 e. The van der Waals surface area contributed by atoms with Crippen LogP contribution >= 0.6 is 11.6 Å². The summed E-state index contributed by atoms with van der Waals surface area (Å²) in [6, 6.07) is 0. The van der Waals surface area contributed by atoms with Gasteiger partial charge in [-0.15, -0.1) is 11.6 Å². The number of hydrogen-bond acceptors (Lipinski definition) is 4. The van der Waals surface area contributed by atoms with Gasteiger partial charge in [-0.1, -0.05) is 0 Å². The molecule has 1 aliphatic heterocycles. The van der Waals surface area contributed by atoms with Crippen molar-refractivity contribution in [3.8, 4) is 0 Å². The van der Waals surface area contributed by atoms with Gasteiger partial charge in [0.15, 0.2) is 0 Å². The number of alkyl halides is 1. The predicted octanol–water partition coefficient (Wildman–Crippen LogP) is 1.45. The Hall–Kier alpha value is -0.870. The van der Waals surface area contributed by atoms with E-state index in [2.05, 4.69) is 19.8 Å². The molecule has 2 heterocycles. The van der Waals surface area contributed by atoms with E-state index in [1.165, 1.54) is 0 Å². The number of halogens is 1. The third-order valence-corrected chi connectivity index (χ3v) is 3.29. The summed E-state index contributed by atoms with van der Waals surface area (Å²) in [6.45, 7) is 9.12. The van der Waals surface area contributed by atoms with E-state index in [4.69, 9.17) is 11.6 Å². The van der Waals surface area contributed by atoms with Crippen LogP contribution in [0, 0.1) is 13.8 Å². The molecule has 4 nitrogen and oxygen atoms in total. The molecule has 0 amide bonds. The van der Waals surface area contributed by atoms with E-state index in [1.807, 2.05) is 20.0 Å². The van der Waals surface area contributed by atoms with Crippen LogP contribution in [0.1, 0.15) is 11.4 Å². The molecular weight excluding hydrogens is 236 g/mol. The number of rotatable bonds is 3. The van der Waals surface area contributed by atoms with Gasteiger partial charge in [0.2, 0.25) is 0 Å². The fourth-order valence-electron chi connectivity index (χ4n) is 2.13. The van der Waals surface area contributed by atoms with Crippen LogP contribution in [-0.4, -0.2) is 53.5 Å². The Morgan fingerprint density at radius 3 is 2.59 bits per heavy atom. The number of piperazine rings is 1. The van der Waals surface area contributed by atoms with Crippen LogP contribution in [0.15, 0.2) is 6.20 Å². The van der Waals surface area contributed by atoms with Crippen molar-refractivity contribution in [2.45, 2.75) is 13.8 Å². The Labute approximate surface area is 108 Å². The summed E-state index contributed by atoms with van der Waals surface area (Å²) in [7, 11) is 0. The maximum absolute atomic E-state index is 5.76. The molecule has 1 aromatic rings. The Morgan fingerprint density at radius 1 is 1.24 bits per heavy atom. The lowest BCUT2D eigenvalue weighted by Gasteiger charge is -2.35. The molecule has 0 bridgehead atoms. The molecule has 1 saturated heterocycles. The summed E-state index contributed by atoms with van der Waals surface area (Å²) in [5.41, 5.74) is 2.00. The molecule has 0 aromatic carbocycles. The summed E-state index contributed by atoms with van der Waals surface area (Å²) in [6.07, 6.45) is 1.82. The van der Waals surface area contributed by atoms with E-state index in [0.717, 1.165) is 49.9 Å². The Morgan fingerprint density at radius 2 is 1.94 bits per heavy atom. The van der Waals surface area contributed by atoms with E-state index in [9.17, 15) is 0 Å². The summed E-state index contributed by atoms with van der Waals surface area (Å²) >= 11 is 5.76. The summed E-state index contributed by atoms with van der Waals surface area (Å²) < 4.78 is 0. The van der Waals surface area contributed by atoms with E-state index >= 15 is 0 Å². The first kappa shape index (κ1) is 12.6. The van der Waals surface area contributed by atoms with Gasteiger partial charge in [0.1, 0.15) is 5.82 Å². The van der Waals surface area contributed by atoms with Crippen LogP contribution in [0.3, 0.4) is 0 Å². The number of hydrogen-bond donors (Lipinski definition) is 0. The molecular formula is C12H19ClN4. The van der Waals surface area contributed by atoms with Crippen LogP contribution in [0.5, 0.6) is 0 Å². The molecule has 17 heavy (non-hydrogen) atoms. The highest BCUT2D eigenvalue weighted by Gasteiger charge is 2.19. The first-order chi connectivity index (χ1) is 8.20. The van der Waals surface area contributed by atoms with Crippen LogP contribution < -0.4 is 4.90 Å². The highest BCUT2D eigenvalue weighted by Crippen LogP contribution is 2.17. The lowest BCUT2D eigenvalue weighted by atomic mass is 10.3. The molecule has 5 heteroatoms. The lowest BCUT2D eigenvalue weighted by molar-refractivity contribution is 0.272. The second-order valence-electron chi connectivity index (χ2n) is 4.44. The summed E-state index contributed by atoms with van der Waals surface area (Å²) in [4.78, 5) is 13.7. The zero-order valence-corrected chi connectivity index (χ0v) is 11.2. The number of nitrogens with zero attached hydrogens (tertiary/aromatic N) is 4. The molecule has 2 rings (SSSR count). The normalized spacial score (nSPS) is 17.5. The van der Waals surface area contributed by atoms with Gasteiger partial charge in [-0.25, -0.2) is 4.98 Å². The van der Waals surface area contributed by atoms with E-state index in [1.54, 1.807) is 0 Å². The van der Waals surface area contributed by atoms with Gasteiger partial charge in [0, 0.05) is 44.8 Å². The molecule has 94 valence electrons. The third kappa shape index (κ3) is 3.07. The second-order valence-corrected chi connectivity index (χ2v) is 4.82. The van der Waals surface area contributed by atoms with Crippen LogP contribution in [0.4, 0.5) is 5.82 Å². The fourth-order valence-corrected chi connectivity index (χ4v) is 2.37. The quantitative estimate of drug-likeness (QED) is 0.765. The van der Waals surface area contributed by atoms with Gasteiger partial charge in [-0.3, -0.25) is 9.88 Å². The first-order valence-electron chi connectivity index (χ1n) is 6.04. The highest BCUT2D eigenvalue weighted by atomic mass is 35.5. The van der Waals surface area contributed by atoms with Gasteiger partial charge in [0.25, 0.3) is 0 Å². The number of aryl methyl sites for hydroxylation is 2. The minimum absolute atomic E-state index is 0.712. The average Bonchev–Trinajstić information content (AvgIpc) is 2.34. The van der Waals surface area contributed by atoms with Crippen LogP contribution in [-0.2, 0) is 0 Å². The largest absolute Gasteiger partial charge is 0.353 e. The molecule has 0 radical (unpaired) electrons. The van der Waals surface area contributed by atoms with E-state index in [-0.39, 0.29) is 0 Å². The van der Waals surface area contributed by atoms with Crippen molar-refractivity contribution < 1.29 is 0 Å². The van der Waals surface area contributed by atoms with Crippen LogP contribution in [0.2, 0.25) is 0 Å². The van der Waals surface area contributed by atoms with Crippen molar-refractivity contribution in [1.82, 2.24) is 14.9 Å². The monoisotopic (exact) mass is 254 g/mol. The molecule has 1 aliphatic rings. The Bertz CT molecular complexity index is 375. The summed E-state index contributed by atoms with van der Waals surface area (Å²) in [5.74, 6) is 1.75. The topological polar surface area (TPSA) is 32.3 Å². The molecule has 1 aromatic heterocycles. The van der Waals surface area contributed by atoms with Gasteiger partial charge >= 0.3 is 0 Å². The summed E-state index contributed by atoms with van der Waals surface area (Å²) in [5, 5.41) is 0.